The Hall–Kier alpha value is -2.32. The largest absolute Gasteiger partial charge is 0.465 e. The lowest BCUT2D eigenvalue weighted by molar-refractivity contribution is 0.0527. The summed E-state index contributed by atoms with van der Waals surface area (Å²) >= 11 is 0. The molecule has 1 rings (SSSR count). The predicted molar refractivity (Wildman–Crippen MR) is 83.1 cm³/mol. The van der Waals surface area contributed by atoms with Gasteiger partial charge in [0.2, 0.25) is 0 Å². The number of aryl methyl sites for hydroxylation is 1. The van der Waals surface area contributed by atoms with Crippen LogP contribution in [0.3, 0.4) is 0 Å². The Balaban J connectivity index is 2.33. The number of alkyl carbamates (subject to hydrolysis) is 1. The number of carboxylic acid groups (broad SMARTS) is 1. The van der Waals surface area contributed by atoms with Crippen molar-refractivity contribution in [3.8, 4) is 0 Å². The molecule has 0 aliphatic heterocycles. The number of aromatic amines is 1. The summed E-state index contributed by atoms with van der Waals surface area (Å²) in [6.45, 7) is 7.61. The second kappa shape index (κ2) is 8.35. The van der Waals surface area contributed by atoms with Crippen molar-refractivity contribution >= 4 is 12.2 Å². The van der Waals surface area contributed by atoms with Crippen molar-refractivity contribution in [3.63, 3.8) is 0 Å². The fourth-order valence-electron chi connectivity index (χ4n) is 1.91. The summed E-state index contributed by atoms with van der Waals surface area (Å²) in [6.07, 6.45) is 0.362. The molecule has 23 heavy (non-hydrogen) atoms. The minimum atomic E-state index is -1.12. The number of rotatable bonds is 7. The molecule has 1 atom stereocenters. The zero-order valence-corrected chi connectivity index (χ0v) is 14.0. The van der Waals surface area contributed by atoms with Crippen LogP contribution in [0.1, 0.15) is 57.7 Å². The van der Waals surface area contributed by atoms with Crippen LogP contribution in [0.4, 0.5) is 9.59 Å². The first-order valence-corrected chi connectivity index (χ1v) is 7.52. The molecule has 1 aromatic heterocycles. The van der Waals surface area contributed by atoms with E-state index in [4.69, 9.17) is 9.84 Å². The third kappa shape index (κ3) is 8.03. The zero-order valence-electron chi connectivity index (χ0n) is 14.0. The lowest BCUT2D eigenvalue weighted by Crippen LogP contribution is -2.33. The van der Waals surface area contributed by atoms with Gasteiger partial charge in [-0.15, -0.1) is 0 Å². The summed E-state index contributed by atoms with van der Waals surface area (Å²) in [4.78, 5) is 26.5. The number of hydrogen-bond acceptors (Lipinski definition) is 5. The first kappa shape index (κ1) is 18.7. The van der Waals surface area contributed by atoms with Gasteiger partial charge in [-0.05, 0) is 47.0 Å². The number of unbranched alkanes of at least 4 members (excludes halogenated alkanes) is 1. The fourth-order valence-corrected chi connectivity index (χ4v) is 1.91. The maximum absolute atomic E-state index is 11.5. The SMILES string of the molecule is Cc1nc(C(CCCCNC(=O)OC(C)(C)C)NC(=O)O)n[nH]1. The van der Waals surface area contributed by atoms with Gasteiger partial charge in [0, 0.05) is 6.54 Å². The molecule has 0 radical (unpaired) electrons. The Morgan fingerprint density at radius 3 is 2.57 bits per heavy atom. The highest BCUT2D eigenvalue weighted by molar-refractivity contribution is 5.67. The maximum atomic E-state index is 11.5. The highest BCUT2D eigenvalue weighted by atomic mass is 16.6. The molecule has 9 nitrogen and oxygen atoms in total. The summed E-state index contributed by atoms with van der Waals surface area (Å²) < 4.78 is 5.13. The number of amides is 2. The molecule has 0 saturated carbocycles. The highest BCUT2D eigenvalue weighted by Gasteiger charge is 2.18. The standard InChI is InChI=1S/C14H25N5O4/c1-9-16-11(19-18-9)10(17-12(20)21)7-5-6-8-15-13(22)23-14(2,3)4/h10,17H,5-8H2,1-4H3,(H,15,22)(H,20,21)(H,16,18,19). The molecule has 0 saturated heterocycles. The lowest BCUT2D eigenvalue weighted by Gasteiger charge is -2.19. The van der Waals surface area contributed by atoms with Gasteiger partial charge >= 0.3 is 12.2 Å². The smallest absolute Gasteiger partial charge is 0.407 e. The Labute approximate surface area is 135 Å². The van der Waals surface area contributed by atoms with E-state index in [0.717, 1.165) is 0 Å². The monoisotopic (exact) mass is 327 g/mol. The van der Waals surface area contributed by atoms with Gasteiger partial charge in [0.15, 0.2) is 5.82 Å². The van der Waals surface area contributed by atoms with Gasteiger partial charge < -0.3 is 20.5 Å². The Morgan fingerprint density at radius 2 is 2.04 bits per heavy atom. The Kier molecular flexibility index (Phi) is 6.80. The average molecular weight is 327 g/mol. The van der Waals surface area contributed by atoms with Crippen molar-refractivity contribution in [1.29, 1.82) is 0 Å². The minimum absolute atomic E-state index is 0.421. The number of hydrogen-bond donors (Lipinski definition) is 4. The van der Waals surface area contributed by atoms with Crippen molar-refractivity contribution in [2.45, 2.75) is 58.6 Å². The van der Waals surface area contributed by atoms with Crippen molar-refractivity contribution in [1.82, 2.24) is 25.8 Å². The maximum Gasteiger partial charge on any atom is 0.407 e. The van der Waals surface area contributed by atoms with Crippen molar-refractivity contribution in [2.75, 3.05) is 6.54 Å². The topological polar surface area (TPSA) is 129 Å². The van der Waals surface area contributed by atoms with Crippen LogP contribution in [-0.2, 0) is 4.74 Å². The molecule has 0 aliphatic carbocycles. The van der Waals surface area contributed by atoms with Crippen LogP contribution in [0.25, 0.3) is 0 Å². The van der Waals surface area contributed by atoms with E-state index >= 15 is 0 Å². The number of carbonyl (C=O) groups excluding carboxylic acids is 1. The summed E-state index contributed by atoms with van der Waals surface area (Å²) in [5.41, 5.74) is -0.524. The number of ether oxygens (including phenoxy) is 1. The van der Waals surface area contributed by atoms with Gasteiger partial charge in [-0.25, -0.2) is 14.6 Å². The highest BCUT2D eigenvalue weighted by Crippen LogP contribution is 2.15. The second-order valence-electron chi connectivity index (χ2n) is 6.21. The molecule has 0 aliphatic rings. The molecule has 9 heteroatoms. The van der Waals surface area contributed by atoms with Gasteiger partial charge in [0.1, 0.15) is 11.4 Å². The summed E-state index contributed by atoms with van der Waals surface area (Å²) in [5.74, 6) is 1.05. The Bertz CT molecular complexity index is 523. The van der Waals surface area contributed by atoms with Gasteiger partial charge in [-0.1, -0.05) is 0 Å². The molecule has 1 aromatic rings. The van der Waals surface area contributed by atoms with Crippen LogP contribution in [0.15, 0.2) is 0 Å². The van der Waals surface area contributed by atoms with E-state index in [0.29, 0.717) is 37.5 Å². The van der Waals surface area contributed by atoms with E-state index in [1.165, 1.54) is 0 Å². The number of nitrogens with one attached hydrogen (secondary N) is 3. The Morgan fingerprint density at radius 1 is 1.35 bits per heavy atom. The van der Waals surface area contributed by atoms with E-state index < -0.39 is 23.8 Å². The van der Waals surface area contributed by atoms with E-state index in [1.54, 1.807) is 27.7 Å². The molecule has 4 N–H and O–H groups in total. The molecular formula is C14H25N5O4. The molecule has 2 amide bonds. The molecule has 130 valence electrons. The first-order chi connectivity index (χ1) is 10.7. The van der Waals surface area contributed by atoms with Crippen molar-refractivity contribution < 1.29 is 19.4 Å². The van der Waals surface area contributed by atoms with Crippen LogP contribution in [0.2, 0.25) is 0 Å². The fraction of sp³-hybridized carbons (Fsp3) is 0.714. The lowest BCUT2D eigenvalue weighted by atomic mass is 10.1. The van der Waals surface area contributed by atoms with Gasteiger partial charge in [-0.3, -0.25) is 5.10 Å². The number of nitrogens with zero attached hydrogens (tertiary/aromatic N) is 2. The molecule has 0 fully saturated rings. The normalized spacial score (nSPS) is 12.5. The summed E-state index contributed by atoms with van der Waals surface area (Å²) in [6, 6.07) is -0.473. The summed E-state index contributed by atoms with van der Waals surface area (Å²) in [5, 5.41) is 20.6. The molecular weight excluding hydrogens is 302 g/mol. The molecule has 1 unspecified atom stereocenters. The summed E-state index contributed by atoms with van der Waals surface area (Å²) in [7, 11) is 0. The predicted octanol–water partition coefficient (Wildman–Crippen LogP) is 2.12. The van der Waals surface area contributed by atoms with Crippen LogP contribution < -0.4 is 10.6 Å². The van der Waals surface area contributed by atoms with Crippen LogP contribution >= 0.6 is 0 Å². The zero-order chi connectivity index (χ0) is 17.5. The van der Waals surface area contributed by atoms with Gasteiger partial charge in [0.05, 0.1) is 6.04 Å². The van der Waals surface area contributed by atoms with E-state index in [1.807, 2.05) is 0 Å². The molecule has 1 heterocycles. The van der Waals surface area contributed by atoms with E-state index in [2.05, 4.69) is 25.8 Å². The second-order valence-corrected chi connectivity index (χ2v) is 6.21. The quantitative estimate of drug-likeness (QED) is 0.568. The van der Waals surface area contributed by atoms with Gasteiger partial charge in [-0.2, -0.15) is 5.10 Å². The van der Waals surface area contributed by atoms with Crippen LogP contribution in [-0.4, -0.2) is 44.6 Å². The van der Waals surface area contributed by atoms with Crippen molar-refractivity contribution in [2.24, 2.45) is 0 Å². The van der Waals surface area contributed by atoms with Crippen molar-refractivity contribution in [3.05, 3.63) is 11.6 Å². The van der Waals surface area contributed by atoms with Crippen LogP contribution in [0, 0.1) is 6.92 Å². The third-order valence-electron chi connectivity index (χ3n) is 2.81. The average Bonchev–Trinajstić information content (AvgIpc) is 2.81. The first-order valence-electron chi connectivity index (χ1n) is 7.52. The van der Waals surface area contributed by atoms with Crippen LogP contribution in [0.5, 0.6) is 0 Å². The van der Waals surface area contributed by atoms with Gasteiger partial charge in [0.25, 0.3) is 0 Å². The minimum Gasteiger partial charge on any atom is -0.465 e. The third-order valence-corrected chi connectivity index (χ3v) is 2.81. The number of H-pyrrole nitrogens is 1. The number of carbonyl (C=O) groups is 2. The molecule has 0 aromatic carbocycles. The number of aromatic nitrogens is 3. The van der Waals surface area contributed by atoms with E-state index in [9.17, 15) is 9.59 Å². The van der Waals surface area contributed by atoms with E-state index in [-0.39, 0.29) is 0 Å². The molecule has 0 spiro atoms. The molecule has 0 bridgehead atoms.